The third-order valence-corrected chi connectivity index (χ3v) is 3.66. The predicted molar refractivity (Wildman–Crippen MR) is 77.2 cm³/mol. The summed E-state index contributed by atoms with van der Waals surface area (Å²) >= 11 is 5.38. The van der Waals surface area contributed by atoms with Crippen molar-refractivity contribution in [2.75, 3.05) is 0 Å². The van der Waals surface area contributed by atoms with Crippen LogP contribution in [-0.2, 0) is 0 Å². The van der Waals surface area contributed by atoms with Gasteiger partial charge in [-0.15, -0.1) is 0 Å². The quantitative estimate of drug-likeness (QED) is 0.524. The molecule has 0 saturated heterocycles. The molecule has 1 rings (SSSR count). The van der Waals surface area contributed by atoms with Crippen LogP contribution in [0.25, 0.3) is 0 Å². The number of hydrogen-bond donors (Lipinski definition) is 1. The molecule has 0 aliphatic carbocycles. The highest BCUT2D eigenvalue weighted by molar-refractivity contribution is 7.71. The third kappa shape index (κ3) is 3.98. The van der Waals surface area contributed by atoms with Gasteiger partial charge in [-0.25, -0.2) is 0 Å². The first-order valence-electron chi connectivity index (χ1n) is 6.87. The number of H-pyrrole nitrogens is 1. The van der Waals surface area contributed by atoms with Crippen LogP contribution in [0.1, 0.15) is 77.5 Å². The van der Waals surface area contributed by atoms with Crippen molar-refractivity contribution in [3.63, 3.8) is 0 Å². The van der Waals surface area contributed by atoms with Gasteiger partial charge in [0.05, 0.1) is 0 Å². The van der Waals surface area contributed by atoms with Crippen molar-refractivity contribution < 1.29 is 0 Å². The molecule has 0 bridgehead atoms. The van der Waals surface area contributed by atoms with Crippen LogP contribution in [0.3, 0.4) is 0 Å². The monoisotopic (exact) mass is 254 g/mol. The molecule has 1 aromatic heterocycles. The van der Waals surface area contributed by atoms with E-state index in [4.69, 9.17) is 12.2 Å². The van der Waals surface area contributed by atoms with E-state index in [2.05, 4.69) is 43.4 Å². The largest absolute Gasteiger partial charge is 0.337 e. The molecule has 1 N–H and O–H groups in total. The smallest absolute Gasteiger partial charge is 0.177 e. The molecule has 1 unspecified atom stereocenters. The highest BCUT2D eigenvalue weighted by Crippen LogP contribution is 2.23. The highest BCUT2D eigenvalue weighted by Gasteiger charge is 2.13. The van der Waals surface area contributed by atoms with Crippen LogP contribution in [0, 0.1) is 4.77 Å². The van der Waals surface area contributed by atoms with Crippen LogP contribution in [0.15, 0.2) is 6.20 Å². The molecule has 1 aromatic rings. The van der Waals surface area contributed by atoms with Gasteiger partial charge in [-0.05, 0) is 31.5 Å². The van der Waals surface area contributed by atoms with Crippen molar-refractivity contribution in [1.29, 1.82) is 0 Å². The van der Waals surface area contributed by atoms with Crippen LogP contribution >= 0.6 is 12.2 Å². The Morgan fingerprint density at radius 3 is 2.53 bits per heavy atom. The van der Waals surface area contributed by atoms with Crippen LogP contribution in [-0.4, -0.2) is 9.55 Å². The summed E-state index contributed by atoms with van der Waals surface area (Å²) in [5.41, 5.74) is 1.33. The number of imidazole rings is 1. The van der Waals surface area contributed by atoms with Gasteiger partial charge in [0.15, 0.2) is 4.77 Å². The minimum absolute atomic E-state index is 0.517. The maximum atomic E-state index is 5.38. The first kappa shape index (κ1) is 14.5. The Morgan fingerprint density at radius 1 is 1.24 bits per heavy atom. The van der Waals surface area contributed by atoms with Gasteiger partial charge < -0.3 is 9.55 Å². The van der Waals surface area contributed by atoms with Crippen molar-refractivity contribution in [3.05, 3.63) is 16.7 Å². The van der Waals surface area contributed by atoms with Gasteiger partial charge in [-0.2, -0.15) is 0 Å². The molecule has 0 aromatic carbocycles. The Balaban J connectivity index is 2.64. The zero-order valence-corrected chi connectivity index (χ0v) is 12.4. The molecule has 0 saturated carbocycles. The summed E-state index contributed by atoms with van der Waals surface area (Å²) in [6.45, 7) is 8.97. The lowest BCUT2D eigenvalue weighted by Gasteiger charge is -2.18. The van der Waals surface area contributed by atoms with Crippen LogP contribution < -0.4 is 0 Å². The Bertz CT molecular complexity index is 376. The zero-order chi connectivity index (χ0) is 12.8. The number of rotatable bonds is 7. The number of aromatic amines is 1. The lowest BCUT2D eigenvalue weighted by atomic mass is 10.1. The van der Waals surface area contributed by atoms with Crippen molar-refractivity contribution in [1.82, 2.24) is 9.55 Å². The zero-order valence-electron chi connectivity index (χ0n) is 11.6. The summed E-state index contributed by atoms with van der Waals surface area (Å²) in [5.74, 6) is 0.529. The lowest BCUT2D eigenvalue weighted by molar-refractivity contribution is 0.451. The molecule has 0 amide bonds. The van der Waals surface area contributed by atoms with E-state index in [1.54, 1.807) is 0 Å². The van der Waals surface area contributed by atoms with Gasteiger partial charge in [0.2, 0.25) is 0 Å². The van der Waals surface area contributed by atoms with Crippen molar-refractivity contribution in [2.45, 2.75) is 71.8 Å². The normalized spacial score (nSPS) is 13.2. The van der Waals surface area contributed by atoms with E-state index in [1.165, 1.54) is 37.8 Å². The minimum atomic E-state index is 0.517. The molecule has 0 fully saturated rings. The number of aromatic nitrogens is 2. The predicted octanol–water partition coefficient (Wildman–Crippen LogP) is 5.20. The van der Waals surface area contributed by atoms with E-state index in [-0.39, 0.29) is 0 Å². The lowest BCUT2D eigenvalue weighted by Crippen LogP contribution is -2.10. The second kappa shape index (κ2) is 7.00. The van der Waals surface area contributed by atoms with Crippen LogP contribution in [0.5, 0.6) is 0 Å². The van der Waals surface area contributed by atoms with Gasteiger partial charge in [0, 0.05) is 17.9 Å². The molecule has 0 radical (unpaired) electrons. The second-order valence-corrected chi connectivity index (χ2v) is 5.63. The number of hydrogen-bond acceptors (Lipinski definition) is 1. The van der Waals surface area contributed by atoms with Crippen molar-refractivity contribution in [2.24, 2.45) is 0 Å². The first-order valence-corrected chi connectivity index (χ1v) is 7.28. The average Bonchev–Trinajstić information content (AvgIpc) is 2.66. The summed E-state index contributed by atoms with van der Waals surface area (Å²) in [4.78, 5) is 3.18. The van der Waals surface area contributed by atoms with E-state index >= 15 is 0 Å². The fourth-order valence-electron chi connectivity index (χ4n) is 2.29. The Morgan fingerprint density at radius 2 is 1.94 bits per heavy atom. The molecule has 1 heterocycles. The van der Waals surface area contributed by atoms with E-state index in [0.717, 1.165) is 4.77 Å². The maximum absolute atomic E-state index is 5.38. The van der Waals surface area contributed by atoms with Crippen molar-refractivity contribution >= 4 is 12.2 Å². The van der Waals surface area contributed by atoms with Gasteiger partial charge in [0.25, 0.3) is 0 Å². The molecule has 1 atom stereocenters. The summed E-state index contributed by atoms with van der Waals surface area (Å²) < 4.78 is 3.17. The molecular formula is C14H26N2S. The van der Waals surface area contributed by atoms with E-state index in [0.29, 0.717) is 12.0 Å². The molecule has 0 aliphatic rings. The molecule has 17 heavy (non-hydrogen) atoms. The SMILES string of the molecule is CCCCCCC(C)n1c(C(C)C)c[nH]c1=S. The number of unbranched alkanes of at least 4 members (excludes halogenated alkanes) is 3. The van der Waals surface area contributed by atoms with E-state index < -0.39 is 0 Å². The summed E-state index contributed by atoms with van der Waals surface area (Å²) in [5, 5.41) is 0. The first-order chi connectivity index (χ1) is 8.07. The number of nitrogens with one attached hydrogen (secondary N) is 1. The molecule has 0 spiro atoms. The fourth-order valence-corrected chi connectivity index (χ4v) is 2.63. The second-order valence-electron chi connectivity index (χ2n) is 5.24. The van der Waals surface area contributed by atoms with Gasteiger partial charge in [-0.1, -0.05) is 46.5 Å². The summed E-state index contributed by atoms with van der Waals surface area (Å²) in [6.07, 6.45) is 8.59. The van der Waals surface area contributed by atoms with Crippen molar-refractivity contribution in [3.8, 4) is 0 Å². The van der Waals surface area contributed by atoms with E-state index in [9.17, 15) is 0 Å². The summed E-state index contributed by atoms with van der Waals surface area (Å²) in [7, 11) is 0. The maximum Gasteiger partial charge on any atom is 0.177 e. The molecular weight excluding hydrogens is 228 g/mol. The van der Waals surface area contributed by atoms with Gasteiger partial charge in [-0.3, -0.25) is 0 Å². The average molecular weight is 254 g/mol. The number of nitrogens with zero attached hydrogens (tertiary/aromatic N) is 1. The Labute approximate surface area is 110 Å². The van der Waals surface area contributed by atoms with Crippen LogP contribution in [0.2, 0.25) is 0 Å². The van der Waals surface area contributed by atoms with Crippen LogP contribution in [0.4, 0.5) is 0 Å². The molecule has 2 nitrogen and oxygen atoms in total. The Hall–Kier alpha value is -0.570. The van der Waals surface area contributed by atoms with E-state index in [1.807, 2.05) is 0 Å². The molecule has 3 heteroatoms. The Kier molecular flexibility index (Phi) is 5.96. The third-order valence-electron chi connectivity index (χ3n) is 3.35. The molecule has 98 valence electrons. The summed E-state index contributed by atoms with van der Waals surface area (Å²) in [6, 6.07) is 0.517. The highest BCUT2D eigenvalue weighted by atomic mass is 32.1. The minimum Gasteiger partial charge on any atom is -0.337 e. The molecule has 0 aliphatic heterocycles. The van der Waals surface area contributed by atoms with Gasteiger partial charge in [0.1, 0.15) is 0 Å². The topological polar surface area (TPSA) is 20.7 Å². The fraction of sp³-hybridized carbons (Fsp3) is 0.786. The standard InChI is InChI=1S/C14H26N2S/c1-5-6-7-8-9-12(4)16-13(11(2)3)10-15-14(16)17/h10-12H,5-9H2,1-4H3,(H,15,17). The van der Waals surface area contributed by atoms with Gasteiger partial charge >= 0.3 is 0 Å².